The summed E-state index contributed by atoms with van der Waals surface area (Å²) >= 11 is 0. The number of halogens is 3. The Bertz CT molecular complexity index is 417. The highest BCUT2D eigenvalue weighted by molar-refractivity contribution is 7.90. The van der Waals surface area contributed by atoms with Crippen molar-refractivity contribution >= 4 is 9.84 Å². The summed E-state index contributed by atoms with van der Waals surface area (Å²) < 4.78 is 57.8. The van der Waals surface area contributed by atoms with E-state index in [2.05, 4.69) is 0 Å². The molecular formula is C8H5F3O2S. The van der Waals surface area contributed by atoms with E-state index < -0.39 is 21.6 Å². The van der Waals surface area contributed by atoms with E-state index in [0.717, 1.165) is 12.3 Å². The molecule has 0 atom stereocenters. The Morgan fingerprint density at radius 1 is 1.21 bits per heavy atom. The lowest BCUT2D eigenvalue weighted by Gasteiger charge is -2.02. The minimum absolute atomic E-state index is 0.300. The molecular weight excluding hydrogens is 217 g/mol. The molecule has 1 rings (SSSR count). The summed E-state index contributed by atoms with van der Waals surface area (Å²) in [6.07, 6.45) is -3.63. The number of hydrogen-bond acceptors (Lipinski definition) is 2. The highest BCUT2D eigenvalue weighted by Gasteiger charge is 2.30. The van der Waals surface area contributed by atoms with Crippen LogP contribution in [0.25, 0.3) is 0 Å². The van der Waals surface area contributed by atoms with E-state index >= 15 is 0 Å². The molecule has 76 valence electrons. The van der Waals surface area contributed by atoms with Gasteiger partial charge in [0, 0.05) is 6.26 Å². The van der Waals surface area contributed by atoms with Crippen LogP contribution in [0.2, 0.25) is 0 Å². The Labute approximate surface area is 79.3 Å². The average molecular weight is 222 g/mol. The van der Waals surface area contributed by atoms with Gasteiger partial charge in [-0.15, -0.1) is 0 Å². The number of alkyl halides is 3. The maximum absolute atomic E-state index is 12.0. The van der Waals surface area contributed by atoms with Gasteiger partial charge in [0.05, 0.1) is 0 Å². The summed E-state index contributed by atoms with van der Waals surface area (Å²) in [6.45, 7) is 0. The van der Waals surface area contributed by atoms with Gasteiger partial charge in [-0.05, 0) is 18.2 Å². The largest absolute Gasteiger partial charge is 0.424 e. The van der Waals surface area contributed by atoms with Crippen molar-refractivity contribution in [2.45, 2.75) is 11.1 Å². The van der Waals surface area contributed by atoms with Gasteiger partial charge in [-0.25, -0.2) is 8.42 Å². The van der Waals surface area contributed by atoms with Gasteiger partial charge < -0.3 is 0 Å². The van der Waals surface area contributed by atoms with Gasteiger partial charge in [0.2, 0.25) is 0 Å². The number of rotatable bonds is 1. The first-order valence-electron chi connectivity index (χ1n) is 3.42. The average Bonchev–Trinajstić information content (AvgIpc) is 2.01. The van der Waals surface area contributed by atoms with Gasteiger partial charge in [0.1, 0.15) is 10.5 Å². The zero-order valence-corrected chi connectivity index (χ0v) is 7.83. The molecule has 0 bridgehead atoms. The van der Waals surface area contributed by atoms with E-state index in [9.17, 15) is 21.6 Å². The van der Waals surface area contributed by atoms with Crippen molar-refractivity contribution in [1.29, 1.82) is 0 Å². The van der Waals surface area contributed by atoms with Crippen molar-refractivity contribution in [1.82, 2.24) is 0 Å². The second kappa shape index (κ2) is 3.17. The minimum atomic E-state index is -4.52. The normalized spacial score (nSPS) is 12.3. The van der Waals surface area contributed by atoms with Crippen LogP contribution in [-0.2, 0) is 16.0 Å². The minimum Gasteiger partial charge on any atom is -0.223 e. The van der Waals surface area contributed by atoms with Crippen LogP contribution in [0.1, 0.15) is 5.56 Å². The van der Waals surface area contributed by atoms with Gasteiger partial charge in [-0.2, -0.15) is 13.2 Å². The monoisotopic (exact) mass is 222 g/mol. The molecule has 0 N–H and O–H groups in total. The molecule has 0 heterocycles. The quantitative estimate of drug-likeness (QED) is 0.724. The summed E-state index contributed by atoms with van der Waals surface area (Å²) in [5.41, 5.74) is -1.04. The Morgan fingerprint density at radius 3 is 2.07 bits per heavy atom. The van der Waals surface area contributed by atoms with E-state index in [1.165, 1.54) is 0 Å². The molecule has 0 aromatic heterocycles. The van der Waals surface area contributed by atoms with Crippen LogP contribution < -0.4 is 0 Å². The van der Waals surface area contributed by atoms with Crippen molar-refractivity contribution in [2.24, 2.45) is 0 Å². The fourth-order valence-electron chi connectivity index (χ4n) is 0.753. The van der Waals surface area contributed by atoms with Crippen LogP contribution in [0, 0.1) is 12.1 Å². The third kappa shape index (κ3) is 2.39. The molecule has 0 fully saturated rings. The first kappa shape index (κ1) is 10.9. The maximum Gasteiger partial charge on any atom is 0.424 e. The zero-order chi connectivity index (χ0) is 11.0. The van der Waals surface area contributed by atoms with Crippen molar-refractivity contribution in [3.05, 3.63) is 29.8 Å². The lowest BCUT2D eigenvalue weighted by atomic mass is 10.2. The molecule has 2 nitrogen and oxygen atoms in total. The van der Waals surface area contributed by atoms with Crippen LogP contribution in [0.15, 0.2) is 17.0 Å². The molecule has 1 aromatic carbocycles. The van der Waals surface area contributed by atoms with Gasteiger partial charge in [-0.1, -0.05) is 6.07 Å². The maximum atomic E-state index is 12.0. The van der Waals surface area contributed by atoms with E-state index in [4.69, 9.17) is 0 Å². The highest BCUT2D eigenvalue weighted by Crippen LogP contribution is 2.27. The van der Waals surface area contributed by atoms with Crippen molar-refractivity contribution in [3.8, 4) is 0 Å². The molecule has 14 heavy (non-hydrogen) atoms. The van der Waals surface area contributed by atoms with E-state index in [0.29, 0.717) is 6.07 Å². The molecule has 0 saturated heterocycles. The molecule has 0 saturated carbocycles. The number of sulfone groups is 1. The summed E-state index contributed by atoms with van der Waals surface area (Å²) in [4.78, 5) is -0.300. The van der Waals surface area contributed by atoms with Gasteiger partial charge in [-0.3, -0.25) is 0 Å². The summed E-state index contributed by atoms with van der Waals surface area (Å²) in [7, 11) is -3.52. The van der Waals surface area contributed by atoms with Crippen LogP contribution in [-0.4, -0.2) is 14.7 Å². The fourth-order valence-corrected chi connectivity index (χ4v) is 1.30. The van der Waals surface area contributed by atoms with Gasteiger partial charge >= 0.3 is 6.18 Å². The Balaban J connectivity index is 3.14. The van der Waals surface area contributed by atoms with Crippen molar-refractivity contribution < 1.29 is 21.6 Å². The van der Waals surface area contributed by atoms with E-state index in [-0.39, 0.29) is 4.90 Å². The molecule has 0 unspecified atom stereocenters. The predicted molar refractivity (Wildman–Crippen MR) is 42.2 cm³/mol. The number of hydrogen-bond donors (Lipinski definition) is 0. The molecule has 0 aliphatic rings. The van der Waals surface area contributed by atoms with Crippen LogP contribution >= 0.6 is 0 Å². The van der Waals surface area contributed by atoms with Gasteiger partial charge in [0.25, 0.3) is 0 Å². The predicted octanol–water partition coefficient (Wildman–Crippen LogP) is 1.71. The molecule has 6 heteroatoms. The van der Waals surface area contributed by atoms with Crippen molar-refractivity contribution in [2.75, 3.05) is 6.26 Å². The smallest absolute Gasteiger partial charge is 0.223 e. The zero-order valence-electron chi connectivity index (χ0n) is 7.01. The highest BCUT2D eigenvalue weighted by atomic mass is 32.2. The lowest BCUT2D eigenvalue weighted by Crippen LogP contribution is -2.04. The molecule has 1 aromatic rings. The fraction of sp³-hybridized carbons (Fsp3) is 0.250. The summed E-state index contributed by atoms with van der Waals surface area (Å²) in [5.74, 6) is 0. The molecule has 0 radical (unpaired) electrons. The first-order valence-corrected chi connectivity index (χ1v) is 5.31. The first-order chi connectivity index (χ1) is 6.21. The Morgan fingerprint density at radius 2 is 1.79 bits per heavy atom. The third-order valence-corrected chi connectivity index (χ3v) is 2.46. The van der Waals surface area contributed by atoms with E-state index in [1.54, 1.807) is 6.07 Å². The lowest BCUT2D eigenvalue weighted by molar-refractivity contribution is -0.137. The van der Waals surface area contributed by atoms with Crippen LogP contribution in [0.4, 0.5) is 13.2 Å². The summed E-state index contributed by atoms with van der Waals surface area (Å²) in [6, 6.07) is 5.22. The topological polar surface area (TPSA) is 34.1 Å². The van der Waals surface area contributed by atoms with Gasteiger partial charge in [0.15, 0.2) is 9.84 Å². The van der Waals surface area contributed by atoms with Crippen molar-refractivity contribution in [3.63, 3.8) is 0 Å². The molecule has 0 amide bonds. The second-order valence-corrected chi connectivity index (χ2v) is 4.62. The standard InChI is InChI=1S/C8H5F3O2S/c1-14(12,13)7-4-2-6(3-5-7)8(9,10)11/h2,4H,1H3. The van der Waals surface area contributed by atoms with Crippen LogP contribution in [0.3, 0.4) is 0 Å². The Kier molecular flexibility index (Phi) is 2.46. The molecule has 0 aliphatic carbocycles. The van der Waals surface area contributed by atoms with Crippen LogP contribution in [0.5, 0.6) is 0 Å². The molecule has 0 aliphatic heterocycles. The Hall–Kier alpha value is -1.22. The summed E-state index contributed by atoms with van der Waals surface area (Å²) in [5, 5.41) is 0. The second-order valence-electron chi connectivity index (χ2n) is 2.63. The SMILES string of the molecule is CS(=O)(=O)c1c#cc(C(F)(F)F)cc1. The molecule has 0 spiro atoms. The van der Waals surface area contributed by atoms with E-state index in [1.807, 2.05) is 6.07 Å². The third-order valence-electron chi connectivity index (χ3n) is 1.43.